The van der Waals surface area contributed by atoms with Crippen molar-refractivity contribution in [1.29, 1.82) is 0 Å². The van der Waals surface area contributed by atoms with Gasteiger partial charge in [-0.1, -0.05) is 34.1 Å². The fourth-order valence-corrected chi connectivity index (χ4v) is 1.58. The summed E-state index contributed by atoms with van der Waals surface area (Å²) in [5.74, 6) is 0.353. The molecule has 5 heteroatoms. The van der Waals surface area contributed by atoms with Crippen LogP contribution in [0.4, 0.5) is 11.6 Å². The van der Waals surface area contributed by atoms with Crippen molar-refractivity contribution in [2.24, 2.45) is 0 Å². The van der Waals surface area contributed by atoms with Gasteiger partial charge in [-0.15, -0.1) is 0 Å². The van der Waals surface area contributed by atoms with Gasteiger partial charge in [0.25, 0.3) is 0 Å². The van der Waals surface area contributed by atoms with E-state index in [0.717, 1.165) is 5.69 Å². The number of benzene rings is 1. The van der Waals surface area contributed by atoms with Crippen LogP contribution in [0.2, 0.25) is 0 Å². The van der Waals surface area contributed by atoms with Crippen molar-refractivity contribution in [3.05, 3.63) is 48.3 Å². The summed E-state index contributed by atoms with van der Waals surface area (Å²) in [5, 5.41) is 3.29. The average Bonchev–Trinajstić information content (AvgIpc) is 2.39. The molecule has 0 aliphatic rings. The molecule has 1 aromatic heterocycles. The zero-order valence-electron chi connectivity index (χ0n) is 8.93. The van der Waals surface area contributed by atoms with Crippen LogP contribution < -0.4 is 5.32 Å². The Labute approximate surface area is 107 Å². The van der Waals surface area contributed by atoms with Crippen LogP contribution in [0, 0.1) is 0 Å². The summed E-state index contributed by atoms with van der Waals surface area (Å²) < 4.78 is 0. The molecule has 0 fully saturated rings. The molecule has 0 atom stereocenters. The Kier molecular flexibility index (Phi) is 3.82. The van der Waals surface area contributed by atoms with Crippen molar-refractivity contribution in [2.45, 2.75) is 0 Å². The molecule has 2 aromatic rings. The predicted molar refractivity (Wildman–Crippen MR) is 69.9 cm³/mol. The zero-order chi connectivity index (χ0) is 12.1. The number of halogens is 1. The fraction of sp³-hybridized carbons (Fsp3) is 0.0833. The Bertz CT molecular complexity index is 516. The number of hydrogen-bond acceptors (Lipinski definition) is 4. The first-order valence-electron chi connectivity index (χ1n) is 5.04. The van der Waals surface area contributed by atoms with Crippen LogP contribution >= 0.6 is 15.9 Å². The van der Waals surface area contributed by atoms with E-state index < -0.39 is 0 Å². The summed E-state index contributed by atoms with van der Waals surface area (Å²) in [6, 6.07) is 11.2. The summed E-state index contributed by atoms with van der Waals surface area (Å²) in [7, 11) is 0. The number of alkyl halides is 1. The van der Waals surface area contributed by atoms with Gasteiger partial charge in [-0.3, -0.25) is 4.79 Å². The molecule has 0 unspecified atom stereocenters. The SMILES string of the molecule is O=C(CBr)c1ccnc(Nc2ccccc2)n1. The molecule has 2 rings (SSSR count). The van der Waals surface area contributed by atoms with Crippen molar-refractivity contribution >= 4 is 33.3 Å². The quantitative estimate of drug-likeness (QED) is 0.695. The van der Waals surface area contributed by atoms with Gasteiger partial charge in [0.1, 0.15) is 5.69 Å². The van der Waals surface area contributed by atoms with Crippen LogP contribution in [0.5, 0.6) is 0 Å². The Morgan fingerprint density at radius 1 is 1.24 bits per heavy atom. The van der Waals surface area contributed by atoms with E-state index in [4.69, 9.17) is 0 Å². The predicted octanol–water partition coefficient (Wildman–Crippen LogP) is 2.80. The molecular formula is C12H10BrN3O. The smallest absolute Gasteiger partial charge is 0.227 e. The van der Waals surface area contributed by atoms with Gasteiger partial charge in [0.15, 0.2) is 5.78 Å². The first kappa shape index (κ1) is 11.7. The molecule has 0 spiro atoms. The number of hydrogen-bond donors (Lipinski definition) is 1. The van der Waals surface area contributed by atoms with Crippen molar-refractivity contribution in [3.63, 3.8) is 0 Å². The van der Waals surface area contributed by atoms with Gasteiger partial charge in [-0.2, -0.15) is 0 Å². The number of rotatable bonds is 4. The van der Waals surface area contributed by atoms with E-state index in [1.807, 2.05) is 30.3 Å². The number of nitrogens with zero attached hydrogens (tertiary/aromatic N) is 2. The summed E-state index contributed by atoms with van der Waals surface area (Å²) in [4.78, 5) is 19.7. The van der Waals surface area contributed by atoms with Crippen molar-refractivity contribution < 1.29 is 4.79 Å². The van der Waals surface area contributed by atoms with E-state index in [0.29, 0.717) is 11.6 Å². The lowest BCUT2D eigenvalue weighted by molar-refractivity contribution is 0.101. The zero-order valence-corrected chi connectivity index (χ0v) is 10.5. The molecule has 0 radical (unpaired) electrons. The minimum absolute atomic E-state index is 0.0662. The molecule has 1 aromatic carbocycles. The molecule has 0 aliphatic heterocycles. The molecular weight excluding hydrogens is 282 g/mol. The van der Waals surface area contributed by atoms with Crippen LogP contribution in [-0.4, -0.2) is 21.1 Å². The summed E-state index contributed by atoms with van der Waals surface area (Å²) >= 11 is 3.11. The third kappa shape index (κ3) is 3.10. The Hall–Kier alpha value is -1.75. The van der Waals surface area contributed by atoms with Gasteiger partial charge in [0.2, 0.25) is 5.95 Å². The number of ketones is 1. The second kappa shape index (κ2) is 5.54. The molecule has 4 nitrogen and oxygen atoms in total. The number of anilines is 2. The lowest BCUT2D eigenvalue weighted by Gasteiger charge is -2.04. The van der Waals surface area contributed by atoms with Crippen LogP contribution in [0.1, 0.15) is 10.5 Å². The third-order valence-electron chi connectivity index (χ3n) is 2.09. The maximum atomic E-state index is 11.5. The maximum absolute atomic E-state index is 11.5. The minimum atomic E-state index is -0.0662. The maximum Gasteiger partial charge on any atom is 0.227 e. The van der Waals surface area contributed by atoms with Crippen LogP contribution in [-0.2, 0) is 0 Å². The third-order valence-corrected chi connectivity index (χ3v) is 2.60. The second-order valence-electron chi connectivity index (χ2n) is 3.31. The monoisotopic (exact) mass is 291 g/mol. The van der Waals surface area contributed by atoms with E-state index in [2.05, 4.69) is 31.2 Å². The van der Waals surface area contributed by atoms with Gasteiger partial charge in [0.05, 0.1) is 5.33 Å². The van der Waals surface area contributed by atoms with Gasteiger partial charge in [0, 0.05) is 11.9 Å². The highest BCUT2D eigenvalue weighted by Gasteiger charge is 2.06. The molecule has 1 heterocycles. The Balaban J connectivity index is 2.20. The summed E-state index contributed by atoms with van der Waals surface area (Å²) in [6.07, 6.45) is 1.56. The Morgan fingerprint density at radius 2 is 2.00 bits per heavy atom. The first-order chi connectivity index (χ1) is 8.29. The van der Waals surface area contributed by atoms with Gasteiger partial charge >= 0.3 is 0 Å². The fourth-order valence-electron chi connectivity index (χ4n) is 1.29. The van der Waals surface area contributed by atoms with Gasteiger partial charge in [-0.05, 0) is 18.2 Å². The number of nitrogens with one attached hydrogen (secondary N) is 1. The van der Waals surface area contributed by atoms with Crippen LogP contribution in [0.3, 0.4) is 0 Å². The highest BCUT2D eigenvalue weighted by molar-refractivity contribution is 9.09. The second-order valence-corrected chi connectivity index (χ2v) is 3.87. The lowest BCUT2D eigenvalue weighted by Crippen LogP contribution is -2.06. The molecule has 0 bridgehead atoms. The molecule has 0 aliphatic carbocycles. The molecule has 17 heavy (non-hydrogen) atoms. The van der Waals surface area contributed by atoms with E-state index in [1.54, 1.807) is 12.3 Å². The Morgan fingerprint density at radius 3 is 2.71 bits per heavy atom. The van der Waals surface area contributed by atoms with Crippen molar-refractivity contribution in [2.75, 3.05) is 10.6 Å². The first-order valence-corrected chi connectivity index (χ1v) is 6.16. The number of aromatic nitrogens is 2. The van der Waals surface area contributed by atoms with Crippen LogP contribution in [0.15, 0.2) is 42.6 Å². The molecule has 0 saturated heterocycles. The van der Waals surface area contributed by atoms with E-state index in [-0.39, 0.29) is 11.1 Å². The topological polar surface area (TPSA) is 54.9 Å². The van der Waals surface area contributed by atoms with Gasteiger partial charge in [-0.25, -0.2) is 9.97 Å². The lowest BCUT2D eigenvalue weighted by atomic mass is 10.3. The molecule has 0 saturated carbocycles. The molecule has 86 valence electrons. The van der Waals surface area contributed by atoms with Gasteiger partial charge < -0.3 is 5.32 Å². The van der Waals surface area contributed by atoms with E-state index in [1.165, 1.54) is 0 Å². The van der Waals surface area contributed by atoms with E-state index >= 15 is 0 Å². The normalized spacial score (nSPS) is 9.94. The van der Waals surface area contributed by atoms with Crippen molar-refractivity contribution in [1.82, 2.24) is 9.97 Å². The minimum Gasteiger partial charge on any atom is -0.324 e. The standard InChI is InChI=1S/C12H10BrN3O/c13-8-11(17)10-6-7-14-12(16-10)15-9-4-2-1-3-5-9/h1-7H,8H2,(H,14,15,16). The van der Waals surface area contributed by atoms with E-state index in [9.17, 15) is 4.79 Å². The molecule has 1 N–H and O–H groups in total. The summed E-state index contributed by atoms with van der Waals surface area (Å²) in [5.41, 5.74) is 1.28. The number of carbonyl (C=O) groups is 1. The highest BCUT2D eigenvalue weighted by Crippen LogP contribution is 2.12. The van der Waals surface area contributed by atoms with Crippen LogP contribution in [0.25, 0.3) is 0 Å². The highest BCUT2D eigenvalue weighted by atomic mass is 79.9. The van der Waals surface area contributed by atoms with Crippen molar-refractivity contribution in [3.8, 4) is 0 Å². The number of Topliss-reactive ketones (excluding diaryl/α,β-unsaturated/α-hetero) is 1. The number of para-hydroxylation sites is 1. The molecule has 0 amide bonds. The largest absolute Gasteiger partial charge is 0.324 e. The number of carbonyl (C=O) groups excluding carboxylic acids is 1. The summed E-state index contributed by atoms with van der Waals surface area (Å²) in [6.45, 7) is 0. The average molecular weight is 292 g/mol.